The second-order valence-electron chi connectivity index (χ2n) is 6.46. The summed E-state index contributed by atoms with van der Waals surface area (Å²) in [6.45, 7) is 2.10. The monoisotopic (exact) mass is 443 g/mol. The van der Waals surface area contributed by atoms with Crippen LogP contribution in [0.25, 0.3) is 5.57 Å². The van der Waals surface area contributed by atoms with Crippen LogP contribution in [0, 0.1) is 0 Å². The van der Waals surface area contributed by atoms with E-state index in [-0.39, 0.29) is 5.91 Å². The number of halogens is 1. The summed E-state index contributed by atoms with van der Waals surface area (Å²) in [7, 11) is 0. The van der Waals surface area contributed by atoms with Crippen LogP contribution in [0.1, 0.15) is 21.5 Å². The third kappa shape index (κ3) is 4.10. The Morgan fingerprint density at radius 3 is 2.67 bits per heavy atom. The topological polar surface area (TPSA) is 61.4 Å². The van der Waals surface area contributed by atoms with E-state index in [2.05, 4.69) is 43.6 Å². The lowest BCUT2D eigenvalue weighted by molar-refractivity contribution is -0.114. The van der Waals surface area contributed by atoms with Crippen molar-refractivity contribution in [1.82, 2.24) is 10.2 Å². The molecule has 2 N–H and O–H groups in total. The molecule has 1 fully saturated rings. The van der Waals surface area contributed by atoms with E-state index in [1.807, 2.05) is 23.9 Å². The van der Waals surface area contributed by atoms with Crippen LogP contribution < -0.4 is 10.6 Å². The van der Waals surface area contributed by atoms with E-state index in [0.29, 0.717) is 16.7 Å². The molecule has 1 saturated heterocycles. The fraction of sp³-hybridized carbons (Fsp3) is 0.200. The number of carbonyl (C=O) groups is 2. The Morgan fingerprint density at radius 2 is 1.93 bits per heavy atom. The van der Waals surface area contributed by atoms with Crippen LogP contribution in [0.2, 0.25) is 0 Å². The van der Waals surface area contributed by atoms with Crippen molar-refractivity contribution in [2.45, 2.75) is 6.54 Å². The van der Waals surface area contributed by atoms with Gasteiger partial charge in [-0.25, -0.2) is 0 Å². The number of amides is 2. The van der Waals surface area contributed by atoms with E-state index in [1.54, 1.807) is 24.4 Å². The summed E-state index contributed by atoms with van der Waals surface area (Å²) in [5.41, 5.74) is 3.71. The molecule has 4 rings (SSSR count). The molecule has 0 unspecified atom stereocenters. The number of benzene rings is 2. The molecule has 2 aliphatic heterocycles. The maximum atomic E-state index is 12.3. The van der Waals surface area contributed by atoms with E-state index in [0.717, 1.165) is 29.1 Å². The van der Waals surface area contributed by atoms with Crippen molar-refractivity contribution in [3.63, 3.8) is 0 Å². The smallest absolute Gasteiger partial charge is 0.260 e. The number of hydrogen-bond acceptors (Lipinski definition) is 5. The van der Waals surface area contributed by atoms with Crippen molar-refractivity contribution in [2.24, 2.45) is 0 Å². The Labute approximate surface area is 170 Å². The zero-order valence-corrected chi connectivity index (χ0v) is 16.9. The first-order chi connectivity index (χ1) is 13.1. The SMILES string of the molecule is O=C1NC(=O)c2ccc(Br)cc2C1=CNc1ccc(CN2CCSC2)cc1. The quantitative estimate of drug-likeness (QED) is 0.557. The number of anilines is 1. The maximum Gasteiger partial charge on any atom is 0.260 e. The number of nitrogens with one attached hydrogen (secondary N) is 2. The van der Waals surface area contributed by atoms with Gasteiger partial charge >= 0.3 is 0 Å². The Kier molecular flexibility index (Phi) is 5.33. The molecule has 0 atom stereocenters. The number of hydrogen-bond donors (Lipinski definition) is 2. The highest BCUT2D eigenvalue weighted by Gasteiger charge is 2.27. The molecule has 0 saturated carbocycles. The highest BCUT2D eigenvalue weighted by atomic mass is 79.9. The number of thioether (sulfide) groups is 1. The summed E-state index contributed by atoms with van der Waals surface area (Å²) in [4.78, 5) is 26.7. The highest BCUT2D eigenvalue weighted by molar-refractivity contribution is 9.10. The molecule has 0 bridgehead atoms. The maximum absolute atomic E-state index is 12.3. The average Bonchev–Trinajstić information content (AvgIpc) is 3.15. The van der Waals surface area contributed by atoms with E-state index >= 15 is 0 Å². The Bertz CT molecular complexity index is 921. The number of rotatable bonds is 4. The van der Waals surface area contributed by atoms with E-state index in [1.165, 1.54) is 11.3 Å². The Balaban J connectivity index is 1.52. The first kappa shape index (κ1) is 18.3. The van der Waals surface area contributed by atoms with Crippen LogP contribution in [-0.2, 0) is 11.3 Å². The molecule has 138 valence electrons. The van der Waals surface area contributed by atoms with Crippen molar-refractivity contribution in [3.8, 4) is 0 Å². The van der Waals surface area contributed by atoms with Gasteiger partial charge in [0.05, 0.1) is 5.57 Å². The molecule has 0 spiro atoms. The van der Waals surface area contributed by atoms with Crippen molar-refractivity contribution < 1.29 is 9.59 Å². The third-order valence-electron chi connectivity index (χ3n) is 4.56. The fourth-order valence-corrected chi connectivity index (χ4v) is 4.49. The minimum Gasteiger partial charge on any atom is -0.361 e. The summed E-state index contributed by atoms with van der Waals surface area (Å²) in [5, 5.41) is 5.56. The van der Waals surface area contributed by atoms with Gasteiger partial charge in [0.1, 0.15) is 0 Å². The summed E-state index contributed by atoms with van der Waals surface area (Å²) in [5.74, 6) is 1.52. The molecule has 5 nitrogen and oxygen atoms in total. The van der Waals surface area contributed by atoms with Crippen LogP contribution in [0.3, 0.4) is 0 Å². The molecule has 0 aliphatic carbocycles. The van der Waals surface area contributed by atoms with Crippen LogP contribution in [-0.4, -0.2) is 34.9 Å². The van der Waals surface area contributed by atoms with E-state index in [9.17, 15) is 9.59 Å². The van der Waals surface area contributed by atoms with Crippen molar-refractivity contribution in [1.29, 1.82) is 0 Å². The lowest BCUT2D eigenvalue weighted by Gasteiger charge is -2.18. The normalized spacial score (nSPS) is 18.5. The predicted octanol–water partition coefficient (Wildman–Crippen LogP) is 3.68. The predicted molar refractivity (Wildman–Crippen MR) is 112 cm³/mol. The van der Waals surface area contributed by atoms with Crippen LogP contribution in [0.4, 0.5) is 5.69 Å². The minimum atomic E-state index is -0.402. The fourth-order valence-electron chi connectivity index (χ4n) is 3.14. The zero-order valence-electron chi connectivity index (χ0n) is 14.5. The zero-order chi connectivity index (χ0) is 18.8. The molecule has 27 heavy (non-hydrogen) atoms. The van der Waals surface area contributed by atoms with Gasteiger partial charge in [0, 0.05) is 52.2 Å². The summed E-state index contributed by atoms with van der Waals surface area (Å²) in [6.07, 6.45) is 1.65. The number of carbonyl (C=O) groups excluding carboxylic acids is 2. The van der Waals surface area contributed by atoms with Gasteiger partial charge in [-0.05, 0) is 35.9 Å². The molecular weight excluding hydrogens is 426 g/mol. The average molecular weight is 444 g/mol. The van der Waals surface area contributed by atoms with Gasteiger partial charge in [0.2, 0.25) is 0 Å². The highest BCUT2D eigenvalue weighted by Crippen LogP contribution is 2.27. The van der Waals surface area contributed by atoms with E-state index < -0.39 is 5.91 Å². The second-order valence-corrected chi connectivity index (χ2v) is 8.45. The van der Waals surface area contributed by atoms with Crippen molar-refractivity contribution in [3.05, 3.63) is 69.8 Å². The first-order valence-corrected chi connectivity index (χ1v) is 10.6. The summed E-state index contributed by atoms with van der Waals surface area (Å²) < 4.78 is 0.819. The van der Waals surface area contributed by atoms with E-state index in [4.69, 9.17) is 0 Å². The molecular formula is C20H18BrN3O2S. The molecule has 2 aromatic rings. The van der Waals surface area contributed by atoms with Gasteiger partial charge in [-0.1, -0.05) is 28.1 Å². The van der Waals surface area contributed by atoms with Crippen LogP contribution >= 0.6 is 27.7 Å². The van der Waals surface area contributed by atoms with Gasteiger partial charge < -0.3 is 5.32 Å². The van der Waals surface area contributed by atoms with Crippen molar-refractivity contribution in [2.75, 3.05) is 23.5 Å². The number of nitrogens with zero attached hydrogens (tertiary/aromatic N) is 1. The molecule has 2 aliphatic rings. The number of imide groups is 1. The molecule has 2 amide bonds. The van der Waals surface area contributed by atoms with Crippen LogP contribution in [0.5, 0.6) is 0 Å². The Hall–Kier alpha value is -2.09. The molecule has 0 radical (unpaired) electrons. The molecule has 2 heterocycles. The largest absolute Gasteiger partial charge is 0.361 e. The second kappa shape index (κ2) is 7.88. The molecule has 0 aromatic heterocycles. The first-order valence-electron chi connectivity index (χ1n) is 8.61. The van der Waals surface area contributed by atoms with Crippen LogP contribution in [0.15, 0.2) is 53.1 Å². The summed E-state index contributed by atoms with van der Waals surface area (Å²) in [6, 6.07) is 13.5. The summed E-state index contributed by atoms with van der Waals surface area (Å²) >= 11 is 5.37. The minimum absolute atomic E-state index is 0.371. The molecule has 2 aromatic carbocycles. The van der Waals surface area contributed by atoms with Gasteiger partial charge in [-0.15, -0.1) is 11.8 Å². The van der Waals surface area contributed by atoms with Gasteiger partial charge in [0.25, 0.3) is 11.8 Å². The van der Waals surface area contributed by atoms with Crippen molar-refractivity contribution >= 4 is 50.8 Å². The number of fused-ring (bicyclic) bond motifs is 1. The van der Waals surface area contributed by atoms with Gasteiger partial charge in [-0.2, -0.15) is 0 Å². The van der Waals surface area contributed by atoms with Gasteiger partial charge in [0.15, 0.2) is 0 Å². The van der Waals surface area contributed by atoms with Gasteiger partial charge in [-0.3, -0.25) is 19.8 Å². The lowest BCUT2D eigenvalue weighted by atomic mass is 9.95. The lowest BCUT2D eigenvalue weighted by Crippen LogP contribution is -2.36. The third-order valence-corrected chi connectivity index (χ3v) is 6.07. The Morgan fingerprint density at radius 1 is 1.11 bits per heavy atom. The standard InChI is InChI=1S/C20H18BrN3O2S/c21-14-3-6-16-17(9-14)18(20(26)23-19(16)25)10-22-15-4-1-13(2-5-15)11-24-7-8-27-12-24/h1-6,9-10,22H,7-8,11-12H2,(H,23,25,26). The molecule has 7 heteroatoms.